The van der Waals surface area contributed by atoms with Gasteiger partial charge in [0.25, 0.3) is 0 Å². The first-order valence-corrected chi connectivity index (χ1v) is 7.95. The Morgan fingerprint density at radius 2 is 2.00 bits per heavy atom. The molecule has 2 aromatic rings. The molecule has 0 aliphatic rings. The number of para-hydroxylation sites is 1. The molecule has 0 radical (unpaired) electrons. The predicted molar refractivity (Wildman–Crippen MR) is 91.9 cm³/mol. The van der Waals surface area contributed by atoms with Crippen molar-refractivity contribution in [2.24, 2.45) is 0 Å². The monoisotopic (exact) mass is 285 g/mol. The number of benzene rings is 1. The number of unbranched alkanes of at least 4 members (excludes halogenated alkanes) is 1. The highest BCUT2D eigenvalue weighted by Crippen LogP contribution is 2.26. The van der Waals surface area contributed by atoms with Gasteiger partial charge in [-0.25, -0.2) is 0 Å². The Kier molecular flexibility index (Phi) is 5.57. The summed E-state index contributed by atoms with van der Waals surface area (Å²) < 4.78 is 0. The average Bonchev–Trinajstić information content (AvgIpc) is 2.49. The van der Waals surface area contributed by atoms with E-state index in [4.69, 9.17) is 4.98 Å². The van der Waals surface area contributed by atoms with E-state index < -0.39 is 0 Å². The lowest BCUT2D eigenvalue weighted by Gasteiger charge is -2.22. The van der Waals surface area contributed by atoms with Gasteiger partial charge in [0.1, 0.15) is 0 Å². The molecule has 0 saturated carbocycles. The number of pyridine rings is 1. The van der Waals surface area contributed by atoms with Crippen LogP contribution in [0.5, 0.6) is 0 Å². The Bertz CT molecular complexity index is 578. The molecule has 1 N–H and O–H groups in total. The molecule has 0 amide bonds. The molecule has 1 aromatic carbocycles. The predicted octanol–water partition coefficient (Wildman–Crippen LogP) is 3.97. The zero-order valence-electron chi connectivity index (χ0n) is 13.7. The Hall–Kier alpha value is -1.61. The van der Waals surface area contributed by atoms with Crippen molar-refractivity contribution < 1.29 is 0 Å². The third kappa shape index (κ3) is 4.18. The van der Waals surface area contributed by atoms with Crippen LogP contribution >= 0.6 is 0 Å². The van der Waals surface area contributed by atoms with Gasteiger partial charge in [-0.3, -0.25) is 4.98 Å². The van der Waals surface area contributed by atoms with Crippen molar-refractivity contribution in [3.05, 3.63) is 36.0 Å². The number of fused-ring (bicyclic) bond motifs is 1. The summed E-state index contributed by atoms with van der Waals surface area (Å²) in [5.74, 6) is 0. The van der Waals surface area contributed by atoms with Gasteiger partial charge >= 0.3 is 0 Å². The second-order valence-corrected chi connectivity index (χ2v) is 5.96. The van der Waals surface area contributed by atoms with Crippen LogP contribution in [-0.4, -0.2) is 24.6 Å². The smallest absolute Gasteiger partial charge is 0.0726 e. The van der Waals surface area contributed by atoms with E-state index in [1.807, 2.05) is 0 Å². The Morgan fingerprint density at radius 1 is 1.24 bits per heavy atom. The maximum absolute atomic E-state index is 4.78. The number of anilines is 1. The van der Waals surface area contributed by atoms with Crippen molar-refractivity contribution >= 4 is 16.6 Å². The van der Waals surface area contributed by atoms with Crippen molar-refractivity contribution in [1.82, 2.24) is 10.3 Å². The van der Waals surface area contributed by atoms with Crippen LogP contribution in [0.15, 0.2) is 30.3 Å². The van der Waals surface area contributed by atoms with E-state index in [0.29, 0.717) is 6.04 Å². The summed E-state index contributed by atoms with van der Waals surface area (Å²) in [6.45, 7) is 8.46. The molecular formula is C18H27N3. The summed E-state index contributed by atoms with van der Waals surface area (Å²) in [5.41, 5.74) is 3.48. The Labute approximate surface area is 128 Å². The van der Waals surface area contributed by atoms with Gasteiger partial charge in [-0.1, -0.05) is 45.4 Å². The van der Waals surface area contributed by atoms with Gasteiger partial charge in [-0.05, 0) is 18.6 Å². The Balaban J connectivity index is 2.35. The second-order valence-electron chi connectivity index (χ2n) is 5.96. The van der Waals surface area contributed by atoms with E-state index in [2.05, 4.69) is 68.4 Å². The van der Waals surface area contributed by atoms with Gasteiger partial charge in [0.2, 0.25) is 0 Å². The highest BCUT2D eigenvalue weighted by atomic mass is 15.1. The lowest BCUT2D eigenvalue weighted by atomic mass is 10.1. The molecule has 0 aliphatic carbocycles. The fourth-order valence-electron chi connectivity index (χ4n) is 2.44. The van der Waals surface area contributed by atoms with E-state index >= 15 is 0 Å². The molecule has 0 unspecified atom stereocenters. The molecule has 3 nitrogen and oxygen atoms in total. The second kappa shape index (κ2) is 7.41. The molecule has 1 aromatic heterocycles. The van der Waals surface area contributed by atoms with Crippen LogP contribution in [0.1, 0.15) is 39.3 Å². The van der Waals surface area contributed by atoms with Crippen LogP contribution in [0, 0.1) is 0 Å². The number of rotatable bonds is 7. The summed E-state index contributed by atoms with van der Waals surface area (Å²) in [6, 6.07) is 11.1. The average molecular weight is 285 g/mol. The molecule has 21 heavy (non-hydrogen) atoms. The van der Waals surface area contributed by atoms with Gasteiger partial charge in [0, 0.05) is 37.3 Å². The minimum absolute atomic E-state index is 0.472. The molecule has 0 bridgehead atoms. The molecular weight excluding hydrogens is 258 g/mol. The van der Waals surface area contributed by atoms with Gasteiger partial charge < -0.3 is 10.2 Å². The Morgan fingerprint density at radius 3 is 2.71 bits per heavy atom. The highest BCUT2D eigenvalue weighted by Gasteiger charge is 2.09. The molecule has 0 aliphatic heterocycles. The first-order chi connectivity index (χ1) is 10.1. The van der Waals surface area contributed by atoms with Crippen molar-refractivity contribution in [2.45, 2.75) is 46.2 Å². The van der Waals surface area contributed by atoms with E-state index in [1.54, 1.807) is 0 Å². The number of nitrogens with one attached hydrogen (secondary N) is 1. The van der Waals surface area contributed by atoms with E-state index in [-0.39, 0.29) is 0 Å². The maximum atomic E-state index is 4.78. The number of hydrogen-bond acceptors (Lipinski definition) is 3. The van der Waals surface area contributed by atoms with Crippen LogP contribution in [0.25, 0.3) is 10.9 Å². The number of nitrogens with zero attached hydrogens (tertiary/aromatic N) is 2. The van der Waals surface area contributed by atoms with Crippen molar-refractivity contribution in [2.75, 3.05) is 18.5 Å². The van der Waals surface area contributed by atoms with Crippen LogP contribution in [0.2, 0.25) is 0 Å². The lowest BCUT2D eigenvalue weighted by Crippen LogP contribution is -2.23. The fraction of sp³-hybridized carbons (Fsp3) is 0.500. The molecule has 0 atom stereocenters. The minimum Gasteiger partial charge on any atom is -0.374 e. The topological polar surface area (TPSA) is 28.2 Å². The third-order valence-corrected chi connectivity index (χ3v) is 3.70. The number of aromatic nitrogens is 1. The highest BCUT2D eigenvalue weighted by molar-refractivity contribution is 5.91. The zero-order valence-corrected chi connectivity index (χ0v) is 13.7. The van der Waals surface area contributed by atoms with Gasteiger partial charge in [0.15, 0.2) is 0 Å². The quantitative estimate of drug-likeness (QED) is 0.834. The van der Waals surface area contributed by atoms with Crippen LogP contribution < -0.4 is 10.2 Å². The standard InChI is InChI=1S/C18H27N3/c1-5-6-11-21(4)18-12-15(13-19-14(2)3)20-17-10-8-7-9-16(17)18/h7-10,12,14,19H,5-6,11,13H2,1-4H3. The maximum Gasteiger partial charge on any atom is 0.0726 e. The largest absolute Gasteiger partial charge is 0.374 e. The van der Waals surface area contributed by atoms with Gasteiger partial charge in [0.05, 0.1) is 11.2 Å². The zero-order chi connectivity index (χ0) is 15.2. The molecule has 3 heteroatoms. The van der Waals surface area contributed by atoms with E-state index in [1.165, 1.54) is 23.9 Å². The molecule has 114 valence electrons. The van der Waals surface area contributed by atoms with Crippen molar-refractivity contribution in [3.63, 3.8) is 0 Å². The summed E-state index contributed by atoms with van der Waals surface area (Å²) in [6.07, 6.45) is 2.43. The summed E-state index contributed by atoms with van der Waals surface area (Å²) in [7, 11) is 2.18. The fourth-order valence-corrected chi connectivity index (χ4v) is 2.44. The SMILES string of the molecule is CCCCN(C)c1cc(CNC(C)C)nc2ccccc12. The molecule has 2 rings (SSSR count). The number of hydrogen-bond donors (Lipinski definition) is 1. The van der Waals surface area contributed by atoms with Crippen LogP contribution in [0.3, 0.4) is 0 Å². The molecule has 1 heterocycles. The first kappa shape index (κ1) is 15.8. The summed E-state index contributed by atoms with van der Waals surface area (Å²) >= 11 is 0. The minimum atomic E-state index is 0.472. The summed E-state index contributed by atoms with van der Waals surface area (Å²) in [5, 5.41) is 4.69. The lowest BCUT2D eigenvalue weighted by molar-refractivity contribution is 0.582. The van der Waals surface area contributed by atoms with Crippen LogP contribution in [-0.2, 0) is 6.54 Å². The molecule has 0 fully saturated rings. The van der Waals surface area contributed by atoms with E-state index in [9.17, 15) is 0 Å². The third-order valence-electron chi connectivity index (χ3n) is 3.70. The van der Waals surface area contributed by atoms with Crippen molar-refractivity contribution in [3.8, 4) is 0 Å². The van der Waals surface area contributed by atoms with Crippen LogP contribution in [0.4, 0.5) is 5.69 Å². The van der Waals surface area contributed by atoms with Crippen molar-refractivity contribution in [1.29, 1.82) is 0 Å². The van der Waals surface area contributed by atoms with Gasteiger partial charge in [-0.2, -0.15) is 0 Å². The molecule has 0 saturated heterocycles. The normalized spacial score (nSPS) is 11.3. The van der Waals surface area contributed by atoms with E-state index in [0.717, 1.165) is 24.3 Å². The molecule has 0 spiro atoms. The first-order valence-electron chi connectivity index (χ1n) is 7.95. The summed E-state index contributed by atoms with van der Waals surface area (Å²) in [4.78, 5) is 7.13. The van der Waals surface area contributed by atoms with Gasteiger partial charge in [-0.15, -0.1) is 0 Å².